The number of hydrogen-bond acceptors (Lipinski definition) is 5. The number of nitrogens with one attached hydrogen (secondary N) is 1. The molecule has 2 amide bonds. The van der Waals surface area contributed by atoms with Crippen LogP contribution in [0.1, 0.15) is 22.3 Å². The van der Waals surface area contributed by atoms with Crippen molar-refractivity contribution in [1.82, 2.24) is 4.90 Å². The summed E-state index contributed by atoms with van der Waals surface area (Å²) < 4.78 is 22.9. The summed E-state index contributed by atoms with van der Waals surface area (Å²) in [6.45, 7) is 1.86. The van der Waals surface area contributed by atoms with E-state index in [2.05, 4.69) is 5.32 Å². The molecule has 1 aromatic carbocycles. The number of carbonyl (C=O) groups excluding carboxylic acids is 2. The van der Waals surface area contributed by atoms with Crippen molar-refractivity contribution in [2.24, 2.45) is 0 Å². The van der Waals surface area contributed by atoms with Gasteiger partial charge in [-0.2, -0.15) is 0 Å². The zero-order valence-corrected chi connectivity index (χ0v) is 15.7. The average molecular weight is 370 g/mol. The Morgan fingerprint density at radius 1 is 1.33 bits per heavy atom. The minimum atomic E-state index is -2.93. The van der Waals surface area contributed by atoms with Crippen LogP contribution in [-0.2, 0) is 14.6 Å². The van der Waals surface area contributed by atoms with Crippen LogP contribution in [0.25, 0.3) is 0 Å². The van der Waals surface area contributed by atoms with Crippen LogP contribution in [0.5, 0.6) is 0 Å². The van der Waals surface area contributed by atoms with Crippen LogP contribution in [0.3, 0.4) is 0 Å². The number of thioether (sulfide) groups is 1. The summed E-state index contributed by atoms with van der Waals surface area (Å²) in [6, 6.07) is 5.19. The minimum Gasteiger partial charge on any atom is -0.345 e. The SMILES string of the molecule is Cc1ccc(C(=O)N(C)C)cc1NC(=O)CS[C@H]1CCS(=O)(=O)C1. The second kappa shape index (κ2) is 7.57. The molecule has 1 aliphatic rings. The van der Waals surface area contributed by atoms with Crippen molar-refractivity contribution in [2.75, 3.05) is 36.7 Å². The molecule has 0 aromatic heterocycles. The molecule has 1 aromatic rings. The van der Waals surface area contributed by atoms with Gasteiger partial charge in [0.15, 0.2) is 9.84 Å². The lowest BCUT2D eigenvalue weighted by Gasteiger charge is -2.14. The van der Waals surface area contributed by atoms with Crippen LogP contribution < -0.4 is 5.32 Å². The molecule has 1 heterocycles. The highest BCUT2D eigenvalue weighted by Crippen LogP contribution is 2.25. The van der Waals surface area contributed by atoms with E-state index >= 15 is 0 Å². The van der Waals surface area contributed by atoms with E-state index in [1.54, 1.807) is 32.3 Å². The summed E-state index contributed by atoms with van der Waals surface area (Å²) in [5.74, 6) is 0.236. The maximum Gasteiger partial charge on any atom is 0.253 e. The first kappa shape index (κ1) is 18.8. The van der Waals surface area contributed by atoms with Crippen LogP contribution in [-0.4, -0.2) is 61.7 Å². The number of aryl methyl sites for hydroxylation is 1. The molecule has 0 saturated carbocycles. The zero-order valence-electron chi connectivity index (χ0n) is 14.0. The van der Waals surface area contributed by atoms with E-state index in [9.17, 15) is 18.0 Å². The number of benzene rings is 1. The molecule has 0 radical (unpaired) electrons. The second-order valence-electron chi connectivity index (χ2n) is 6.11. The van der Waals surface area contributed by atoms with Crippen molar-refractivity contribution in [3.8, 4) is 0 Å². The molecule has 6 nitrogen and oxygen atoms in total. The van der Waals surface area contributed by atoms with Crippen molar-refractivity contribution in [3.05, 3.63) is 29.3 Å². The highest BCUT2D eigenvalue weighted by molar-refractivity contribution is 8.02. The molecule has 1 fully saturated rings. The molecular weight excluding hydrogens is 348 g/mol. The standard InChI is InChI=1S/C16H22N2O4S2/c1-11-4-5-12(16(20)18(2)3)8-14(11)17-15(19)9-23-13-6-7-24(21,22)10-13/h4-5,8,13H,6-7,9-10H2,1-3H3,(H,17,19)/t13-/m0/s1. The summed E-state index contributed by atoms with van der Waals surface area (Å²) in [7, 11) is 0.420. The van der Waals surface area contributed by atoms with E-state index in [1.807, 2.05) is 6.92 Å². The van der Waals surface area contributed by atoms with E-state index < -0.39 is 9.84 Å². The first-order chi connectivity index (χ1) is 11.2. The predicted octanol–water partition coefficient (Wildman–Crippen LogP) is 1.56. The molecule has 132 valence electrons. The van der Waals surface area contributed by atoms with Crippen LogP contribution >= 0.6 is 11.8 Å². The smallest absolute Gasteiger partial charge is 0.253 e. The molecule has 1 saturated heterocycles. The van der Waals surface area contributed by atoms with Crippen molar-refractivity contribution in [2.45, 2.75) is 18.6 Å². The lowest BCUT2D eigenvalue weighted by atomic mass is 10.1. The Bertz CT molecular complexity index is 744. The Hall–Kier alpha value is -1.54. The number of hydrogen-bond donors (Lipinski definition) is 1. The summed E-state index contributed by atoms with van der Waals surface area (Å²) in [5.41, 5.74) is 1.98. The summed E-state index contributed by atoms with van der Waals surface area (Å²) >= 11 is 1.37. The first-order valence-electron chi connectivity index (χ1n) is 7.62. The van der Waals surface area contributed by atoms with Gasteiger partial charge in [0.1, 0.15) is 0 Å². The van der Waals surface area contributed by atoms with Crippen LogP contribution in [0.15, 0.2) is 18.2 Å². The first-order valence-corrected chi connectivity index (χ1v) is 10.5. The van der Waals surface area contributed by atoms with Gasteiger partial charge in [-0.25, -0.2) is 8.42 Å². The predicted molar refractivity (Wildman–Crippen MR) is 97.3 cm³/mol. The molecule has 24 heavy (non-hydrogen) atoms. The number of amides is 2. The molecule has 1 atom stereocenters. The molecular formula is C16H22N2O4S2. The fraction of sp³-hybridized carbons (Fsp3) is 0.500. The van der Waals surface area contributed by atoms with Gasteiger partial charge in [0.25, 0.3) is 5.91 Å². The topological polar surface area (TPSA) is 83.6 Å². The Morgan fingerprint density at radius 3 is 2.62 bits per heavy atom. The number of anilines is 1. The fourth-order valence-corrected chi connectivity index (χ4v) is 5.86. The van der Waals surface area contributed by atoms with Crippen molar-refractivity contribution in [3.63, 3.8) is 0 Å². The average Bonchev–Trinajstić information content (AvgIpc) is 2.86. The van der Waals surface area contributed by atoms with Crippen LogP contribution in [0.2, 0.25) is 0 Å². The third-order valence-corrected chi connectivity index (χ3v) is 7.09. The summed E-state index contributed by atoms with van der Waals surface area (Å²) in [6.07, 6.45) is 0.603. The molecule has 2 rings (SSSR count). The number of nitrogens with zero attached hydrogens (tertiary/aromatic N) is 1. The number of sulfone groups is 1. The van der Waals surface area contributed by atoms with E-state index in [0.717, 1.165) is 5.56 Å². The fourth-order valence-electron chi connectivity index (χ4n) is 2.42. The van der Waals surface area contributed by atoms with Crippen molar-refractivity contribution < 1.29 is 18.0 Å². The highest BCUT2D eigenvalue weighted by Gasteiger charge is 2.28. The van der Waals surface area contributed by atoms with Gasteiger partial charge >= 0.3 is 0 Å². The maximum atomic E-state index is 12.1. The quantitative estimate of drug-likeness (QED) is 0.850. The van der Waals surface area contributed by atoms with Crippen molar-refractivity contribution in [1.29, 1.82) is 0 Å². The number of carbonyl (C=O) groups is 2. The minimum absolute atomic E-state index is 0.0106. The lowest BCUT2D eigenvalue weighted by molar-refractivity contribution is -0.113. The van der Waals surface area contributed by atoms with Crippen LogP contribution in [0.4, 0.5) is 5.69 Å². The summed E-state index contributed by atoms with van der Waals surface area (Å²) in [5, 5.41) is 2.80. The number of rotatable bonds is 5. The highest BCUT2D eigenvalue weighted by atomic mass is 32.2. The van der Waals surface area contributed by atoms with Crippen molar-refractivity contribution >= 4 is 39.1 Å². The van der Waals surface area contributed by atoms with Gasteiger partial charge < -0.3 is 10.2 Å². The Kier molecular flexibility index (Phi) is 5.92. The van der Waals surface area contributed by atoms with Gasteiger partial charge in [-0.15, -0.1) is 11.8 Å². The Balaban J connectivity index is 1.96. The van der Waals surface area contributed by atoms with Gasteiger partial charge in [-0.05, 0) is 31.0 Å². The molecule has 8 heteroatoms. The van der Waals surface area contributed by atoms with Gasteiger partial charge in [0, 0.05) is 30.6 Å². The maximum absolute atomic E-state index is 12.1. The molecule has 1 N–H and O–H groups in total. The normalized spacial score (nSPS) is 19.0. The molecule has 0 bridgehead atoms. The monoisotopic (exact) mass is 370 g/mol. The zero-order chi connectivity index (χ0) is 17.9. The van der Waals surface area contributed by atoms with Gasteiger partial charge in [0.2, 0.25) is 5.91 Å². The third kappa shape index (κ3) is 4.98. The largest absolute Gasteiger partial charge is 0.345 e. The Morgan fingerprint density at radius 2 is 2.04 bits per heavy atom. The third-order valence-electron chi connectivity index (χ3n) is 3.81. The summed E-state index contributed by atoms with van der Waals surface area (Å²) in [4.78, 5) is 25.6. The van der Waals surface area contributed by atoms with E-state index in [0.29, 0.717) is 17.7 Å². The molecule has 0 unspecified atom stereocenters. The van der Waals surface area contributed by atoms with Gasteiger partial charge in [-0.1, -0.05) is 6.07 Å². The molecule has 1 aliphatic heterocycles. The van der Waals surface area contributed by atoms with Gasteiger partial charge in [-0.3, -0.25) is 9.59 Å². The van der Waals surface area contributed by atoms with Crippen LogP contribution in [0, 0.1) is 6.92 Å². The van der Waals surface area contributed by atoms with E-state index in [-0.39, 0.29) is 34.3 Å². The second-order valence-corrected chi connectivity index (χ2v) is 9.63. The molecule has 0 aliphatic carbocycles. The van der Waals surface area contributed by atoms with Gasteiger partial charge in [0.05, 0.1) is 17.3 Å². The van der Waals surface area contributed by atoms with E-state index in [1.165, 1.54) is 16.7 Å². The van der Waals surface area contributed by atoms with E-state index in [4.69, 9.17) is 0 Å². The molecule has 0 spiro atoms. The lowest BCUT2D eigenvalue weighted by Crippen LogP contribution is -2.22. The Labute approximate surface area is 146 Å².